The summed E-state index contributed by atoms with van der Waals surface area (Å²) in [4.78, 5) is 4.19. The summed E-state index contributed by atoms with van der Waals surface area (Å²) >= 11 is 0. The van der Waals surface area contributed by atoms with Gasteiger partial charge >= 0.3 is 0 Å². The topological polar surface area (TPSA) is 85.5 Å². The molecule has 0 aliphatic carbocycles. The van der Waals surface area contributed by atoms with E-state index in [-0.39, 0.29) is 11.0 Å². The van der Waals surface area contributed by atoms with Crippen molar-refractivity contribution in [2.45, 2.75) is 37.7 Å². The zero-order valence-corrected chi connectivity index (χ0v) is 13.9. The Balaban J connectivity index is 1.67. The summed E-state index contributed by atoms with van der Waals surface area (Å²) < 4.78 is 37.8. The molecule has 2 aromatic heterocycles. The van der Waals surface area contributed by atoms with Gasteiger partial charge in [0.1, 0.15) is 22.4 Å². The summed E-state index contributed by atoms with van der Waals surface area (Å²) in [6, 6.07) is 3.66. The smallest absolute Gasteiger partial charge is 0.248 e. The Kier molecular flexibility index (Phi) is 4.36. The molecule has 0 saturated carbocycles. The molecule has 3 rings (SSSR count). The third-order valence-corrected chi connectivity index (χ3v) is 6.05. The fraction of sp³-hybridized carbons (Fsp3) is 0.467. The van der Waals surface area contributed by atoms with E-state index in [2.05, 4.69) is 10.1 Å². The van der Waals surface area contributed by atoms with E-state index < -0.39 is 10.0 Å². The molecule has 1 saturated heterocycles. The van der Waals surface area contributed by atoms with E-state index in [1.54, 1.807) is 26.2 Å². The number of pyridine rings is 1. The highest BCUT2D eigenvalue weighted by atomic mass is 32.2. The molecule has 0 atom stereocenters. The largest absolute Gasteiger partial charge is 0.489 e. The highest BCUT2D eigenvalue weighted by molar-refractivity contribution is 7.89. The molecule has 0 unspecified atom stereocenters. The molecule has 0 bridgehead atoms. The zero-order chi connectivity index (χ0) is 16.4. The molecule has 124 valence electrons. The van der Waals surface area contributed by atoms with E-state index in [0.29, 0.717) is 43.1 Å². The van der Waals surface area contributed by atoms with Crippen molar-refractivity contribution in [2.24, 2.45) is 0 Å². The second kappa shape index (κ2) is 6.29. The first-order valence-electron chi connectivity index (χ1n) is 7.48. The van der Waals surface area contributed by atoms with Crippen molar-refractivity contribution in [1.82, 2.24) is 14.4 Å². The van der Waals surface area contributed by atoms with Crippen LogP contribution in [0.15, 0.2) is 33.9 Å². The average Bonchev–Trinajstić information content (AvgIpc) is 2.88. The first kappa shape index (κ1) is 15.9. The molecular formula is C15H19N3O4S. The van der Waals surface area contributed by atoms with Crippen LogP contribution in [0.2, 0.25) is 0 Å². The SMILES string of the molecule is Cc1noc(C)c1S(=O)(=O)N1CCC(Oc2cccnc2)CC1. The Labute approximate surface area is 135 Å². The van der Waals surface area contributed by atoms with Crippen LogP contribution in [0.3, 0.4) is 0 Å². The summed E-state index contributed by atoms with van der Waals surface area (Å²) in [6.45, 7) is 4.08. The summed E-state index contributed by atoms with van der Waals surface area (Å²) in [6.07, 6.45) is 4.61. The van der Waals surface area contributed by atoms with Gasteiger partial charge in [0, 0.05) is 19.3 Å². The molecule has 23 heavy (non-hydrogen) atoms. The van der Waals surface area contributed by atoms with Gasteiger partial charge in [-0.05, 0) is 38.8 Å². The Morgan fingerprint density at radius 2 is 2.04 bits per heavy atom. The zero-order valence-electron chi connectivity index (χ0n) is 13.1. The van der Waals surface area contributed by atoms with Crippen LogP contribution in [0.4, 0.5) is 0 Å². The van der Waals surface area contributed by atoms with Gasteiger partial charge in [0.05, 0.1) is 6.20 Å². The summed E-state index contributed by atoms with van der Waals surface area (Å²) in [5.41, 5.74) is 0.399. The third-order valence-electron chi connectivity index (χ3n) is 3.90. The first-order chi connectivity index (χ1) is 11.0. The van der Waals surface area contributed by atoms with Crippen LogP contribution < -0.4 is 4.74 Å². The number of nitrogens with zero attached hydrogens (tertiary/aromatic N) is 3. The summed E-state index contributed by atoms with van der Waals surface area (Å²) in [7, 11) is -3.57. The number of rotatable bonds is 4. The first-order valence-corrected chi connectivity index (χ1v) is 8.92. The predicted octanol–water partition coefficient (Wildman–Crippen LogP) is 1.92. The average molecular weight is 337 g/mol. The number of ether oxygens (including phenoxy) is 1. The molecule has 0 aromatic carbocycles. The molecule has 7 nitrogen and oxygen atoms in total. The Hall–Kier alpha value is -1.93. The lowest BCUT2D eigenvalue weighted by Gasteiger charge is -2.31. The number of piperidine rings is 1. The van der Waals surface area contributed by atoms with Crippen molar-refractivity contribution in [3.8, 4) is 5.75 Å². The van der Waals surface area contributed by atoms with Gasteiger partial charge in [0.15, 0.2) is 5.76 Å². The number of hydrogen-bond donors (Lipinski definition) is 0. The molecular weight excluding hydrogens is 318 g/mol. The number of sulfonamides is 1. The standard InChI is InChI=1S/C15H19N3O4S/c1-11-15(12(2)22-17-11)23(19,20)18-8-5-13(6-9-18)21-14-4-3-7-16-10-14/h3-4,7,10,13H,5-6,8-9H2,1-2H3. The van der Waals surface area contributed by atoms with Crippen LogP contribution in [-0.4, -0.2) is 42.1 Å². The maximum atomic E-state index is 12.7. The van der Waals surface area contributed by atoms with Crippen molar-refractivity contribution in [2.75, 3.05) is 13.1 Å². The van der Waals surface area contributed by atoms with Gasteiger partial charge in [-0.2, -0.15) is 4.31 Å². The monoisotopic (exact) mass is 337 g/mol. The Morgan fingerprint density at radius 3 is 2.61 bits per heavy atom. The van der Waals surface area contributed by atoms with Crippen molar-refractivity contribution >= 4 is 10.0 Å². The molecule has 0 spiro atoms. The summed E-state index contributed by atoms with van der Waals surface area (Å²) in [5, 5.41) is 3.74. The minimum atomic E-state index is -3.57. The van der Waals surface area contributed by atoms with Gasteiger partial charge in [0.2, 0.25) is 10.0 Å². The molecule has 3 heterocycles. The maximum Gasteiger partial charge on any atom is 0.248 e. The molecule has 0 radical (unpaired) electrons. The van der Waals surface area contributed by atoms with E-state index in [0.717, 1.165) is 0 Å². The molecule has 2 aromatic rings. The normalized spacial score (nSPS) is 17.3. The van der Waals surface area contributed by atoms with Crippen LogP contribution >= 0.6 is 0 Å². The van der Waals surface area contributed by atoms with Crippen molar-refractivity contribution in [3.05, 3.63) is 36.0 Å². The second-order valence-electron chi connectivity index (χ2n) is 5.56. The van der Waals surface area contributed by atoms with Gasteiger partial charge in [-0.15, -0.1) is 0 Å². The van der Waals surface area contributed by atoms with Crippen molar-refractivity contribution in [3.63, 3.8) is 0 Å². The van der Waals surface area contributed by atoms with Gasteiger partial charge in [-0.1, -0.05) is 5.16 Å². The number of aromatic nitrogens is 2. The third kappa shape index (κ3) is 3.23. The van der Waals surface area contributed by atoms with Crippen LogP contribution in [0.5, 0.6) is 5.75 Å². The molecule has 8 heteroatoms. The molecule has 1 fully saturated rings. The van der Waals surface area contributed by atoms with Crippen molar-refractivity contribution < 1.29 is 17.7 Å². The van der Waals surface area contributed by atoms with Gasteiger partial charge in [0.25, 0.3) is 0 Å². The van der Waals surface area contributed by atoms with Crippen LogP contribution in [-0.2, 0) is 10.0 Å². The molecule has 0 N–H and O–H groups in total. The second-order valence-corrected chi connectivity index (χ2v) is 7.44. The quantitative estimate of drug-likeness (QED) is 0.847. The highest BCUT2D eigenvalue weighted by Crippen LogP contribution is 2.27. The minimum Gasteiger partial charge on any atom is -0.489 e. The number of aryl methyl sites for hydroxylation is 2. The molecule has 0 amide bonds. The lowest BCUT2D eigenvalue weighted by molar-refractivity contribution is 0.134. The maximum absolute atomic E-state index is 12.7. The van der Waals surface area contributed by atoms with Crippen LogP contribution in [0, 0.1) is 13.8 Å². The predicted molar refractivity (Wildman–Crippen MR) is 82.6 cm³/mol. The van der Waals surface area contributed by atoms with E-state index in [9.17, 15) is 8.42 Å². The van der Waals surface area contributed by atoms with Crippen LogP contribution in [0.25, 0.3) is 0 Å². The molecule has 1 aliphatic rings. The Morgan fingerprint density at radius 1 is 1.30 bits per heavy atom. The van der Waals surface area contributed by atoms with E-state index in [4.69, 9.17) is 9.26 Å². The van der Waals surface area contributed by atoms with Crippen molar-refractivity contribution in [1.29, 1.82) is 0 Å². The van der Waals surface area contributed by atoms with E-state index >= 15 is 0 Å². The van der Waals surface area contributed by atoms with Gasteiger partial charge < -0.3 is 9.26 Å². The minimum absolute atomic E-state index is 0.00433. The Bertz CT molecular complexity index is 746. The van der Waals surface area contributed by atoms with Crippen LogP contribution in [0.1, 0.15) is 24.3 Å². The molecule has 1 aliphatic heterocycles. The lowest BCUT2D eigenvalue weighted by Crippen LogP contribution is -2.42. The summed E-state index contributed by atoms with van der Waals surface area (Å²) in [5.74, 6) is 1.04. The van der Waals surface area contributed by atoms with Gasteiger partial charge in [-0.3, -0.25) is 4.98 Å². The van der Waals surface area contributed by atoms with E-state index in [1.807, 2.05) is 12.1 Å². The number of hydrogen-bond acceptors (Lipinski definition) is 6. The lowest BCUT2D eigenvalue weighted by atomic mass is 10.1. The fourth-order valence-corrected chi connectivity index (χ4v) is 4.53. The fourth-order valence-electron chi connectivity index (χ4n) is 2.77. The van der Waals surface area contributed by atoms with E-state index in [1.165, 1.54) is 4.31 Å². The highest BCUT2D eigenvalue weighted by Gasteiger charge is 2.34. The van der Waals surface area contributed by atoms with Gasteiger partial charge in [-0.25, -0.2) is 8.42 Å².